The number of aromatic nitrogens is 1. The average Bonchev–Trinajstić information content (AvgIpc) is 2.82. The predicted octanol–water partition coefficient (Wildman–Crippen LogP) is 4.13. The highest BCUT2D eigenvalue weighted by Gasteiger charge is 2.15. The van der Waals surface area contributed by atoms with Crippen LogP contribution in [0.25, 0.3) is 0 Å². The smallest absolute Gasteiger partial charge is 0.305 e. The molecule has 176 valence electrons. The van der Waals surface area contributed by atoms with Gasteiger partial charge in [-0.1, -0.05) is 25.3 Å². The number of esters is 1. The number of carbonyl (C=O) groups excluding carboxylic acids is 1. The van der Waals surface area contributed by atoms with E-state index in [0.717, 1.165) is 44.9 Å². The van der Waals surface area contributed by atoms with Crippen molar-refractivity contribution in [3.63, 3.8) is 0 Å². The van der Waals surface area contributed by atoms with Crippen molar-refractivity contribution in [3.8, 4) is 5.75 Å². The number of nitrogens with zero attached hydrogens (tertiary/aromatic N) is 1. The number of unbranched alkanes of at least 4 members (excludes halogenated alkanes) is 1. The second-order valence-electron chi connectivity index (χ2n) is 7.80. The summed E-state index contributed by atoms with van der Waals surface area (Å²) < 4.78 is 37.3. The largest absolute Gasteiger partial charge is 0.497 e. The highest BCUT2D eigenvalue weighted by atomic mass is 32.2. The van der Waals surface area contributed by atoms with Crippen molar-refractivity contribution in [2.24, 2.45) is 5.92 Å². The van der Waals surface area contributed by atoms with Gasteiger partial charge in [0.2, 0.25) is 10.0 Å². The van der Waals surface area contributed by atoms with Gasteiger partial charge in [0.1, 0.15) is 5.75 Å². The lowest BCUT2D eigenvalue weighted by Crippen LogP contribution is -2.24. The third kappa shape index (κ3) is 9.36. The summed E-state index contributed by atoms with van der Waals surface area (Å²) in [6, 6.07) is 10.3. The van der Waals surface area contributed by atoms with Gasteiger partial charge in [-0.25, -0.2) is 13.1 Å². The molecule has 1 unspecified atom stereocenters. The monoisotopic (exact) mass is 462 g/mol. The van der Waals surface area contributed by atoms with Gasteiger partial charge in [0.25, 0.3) is 0 Å². The number of pyridine rings is 1. The highest BCUT2D eigenvalue weighted by Crippen LogP contribution is 2.22. The van der Waals surface area contributed by atoms with E-state index in [1.807, 2.05) is 12.3 Å². The third-order valence-corrected chi connectivity index (χ3v) is 6.96. The van der Waals surface area contributed by atoms with Crippen LogP contribution in [0, 0.1) is 5.92 Å². The van der Waals surface area contributed by atoms with Crippen LogP contribution in [0.5, 0.6) is 5.75 Å². The van der Waals surface area contributed by atoms with Crippen LogP contribution >= 0.6 is 0 Å². The lowest BCUT2D eigenvalue weighted by molar-refractivity contribution is -0.141. The van der Waals surface area contributed by atoms with Crippen LogP contribution in [-0.4, -0.2) is 40.1 Å². The summed E-state index contributed by atoms with van der Waals surface area (Å²) in [5.74, 6) is 0.837. The minimum absolute atomic E-state index is 0.186. The van der Waals surface area contributed by atoms with E-state index in [1.54, 1.807) is 25.4 Å². The number of aryl methyl sites for hydroxylation is 1. The van der Waals surface area contributed by atoms with Crippen LogP contribution in [0.3, 0.4) is 0 Å². The number of benzene rings is 1. The maximum atomic E-state index is 12.4. The summed E-state index contributed by atoms with van der Waals surface area (Å²) in [7, 11) is -0.576. The molecule has 0 radical (unpaired) electrons. The molecule has 0 fully saturated rings. The molecule has 0 bridgehead atoms. The first-order valence-corrected chi connectivity index (χ1v) is 12.5. The Hall–Kier alpha value is -2.45. The minimum atomic E-state index is -3.53. The fraction of sp³-hybridized carbons (Fsp3) is 0.500. The van der Waals surface area contributed by atoms with E-state index in [2.05, 4.69) is 15.8 Å². The molecular weight excluding hydrogens is 428 g/mol. The lowest BCUT2D eigenvalue weighted by Gasteiger charge is -2.16. The van der Waals surface area contributed by atoms with Crippen LogP contribution in [0.1, 0.15) is 50.5 Å². The Labute approximate surface area is 191 Å². The lowest BCUT2D eigenvalue weighted by atomic mass is 9.91. The Morgan fingerprint density at radius 3 is 2.44 bits per heavy atom. The summed E-state index contributed by atoms with van der Waals surface area (Å²) in [6.07, 6.45) is 10.5. The molecule has 0 aliphatic carbocycles. The quantitative estimate of drug-likeness (QED) is 0.316. The Balaban J connectivity index is 1.75. The zero-order valence-corrected chi connectivity index (χ0v) is 19.8. The van der Waals surface area contributed by atoms with Gasteiger partial charge in [0.15, 0.2) is 0 Å². The normalized spacial score (nSPS) is 12.3. The van der Waals surface area contributed by atoms with Crippen molar-refractivity contribution in [2.75, 3.05) is 20.8 Å². The number of nitrogens with one attached hydrogen (secondary N) is 1. The van der Waals surface area contributed by atoms with E-state index in [9.17, 15) is 13.2 Å². The molecule has 1 aromatic heterocycles. The number of rotatable bonds is 15. The third-order valence-electron chi connectivity index (χ3n) is 5.49. The maximum Gasteiger partial charge on any atom is 0.305 e. The first-order chi connectivity index (χ1) is 15.4. The molecular formula is C24H34N2O5S. The van der Waals surface area contributed by atoms with Crippen LogP contribution in [0.15, 0.2) is 53.7 Å². The van der Waals surface area contributed by atoms with E-state index >= 15 is 0 Å². The molecule has 0 aliphatic rings. The molecule has 8 heteroatoms. The summed E-state index contributed by atoms with van der Waals surface area (Å²) in [5.41, 5.74) is 1.21. The van der Waals surface area contributed by atoms with Gasteiger partial charge >= 0.3 is 5.97 Å². The standard InChI is InChI=1S/C24H34N2O5S/c1-30-22-12-14-23(15-13-22)32(28,29)26-18-4-3-7-20(11-16-24(27)31-2)8-5-9-21-10-6-17-25-19-21/h6,10,12-15,17,19-20,26H,3-5,7-9,11,16,18H2,1-2H3. The molecule has 2 rings (SSSR count). The number of hydrogen-bond donors (Lipinski definition) is 1. The number of carbonyl (C=O) groups is 1. The topological polar surface area (TPSA) is 94.6 Å². The number of hydrogen-bond acceptors (Lipinski definition) is 6. The molecule has 0 amide bonds. The summed E-state index contributed by atoms with van der Waals surface area (Å²) in [6.45, 7) is 0.383. The molecule has 1 atom stereocenters. The van der Waals surface area contributed by atoms with Gasteiger partial charge in [-0.15, -0.1) is 0 Å². The van der Waals surface area contributed by atoms with Gasteiger partial charge in [0.05, 0.1) is 19.1 Å². The van der Waals surface area contributed by atoms with Gasteiger partial charge in [-0.3, -0.25) is 9.78 Å². The van der Waals surface area contributed by atoms with Crippen molar-refractivity contribution in [2.45, 2.75) is 56.3 Å². The SMILES string of the molecule is COC(=O)CCC(CCCCNS(=O)(=O)c1ccc(OC)cc1)CCCc1cccnc1. The van der Waals surface area contributed by atoms with Gasteiger partial charge in [-0.2, -0.15) is 0 Å². The van der Waals surface area contributed by atoms with Gasteiger partial charge < -0.3 is 9.47 Å². The second kappa shape index (κ2) is 13.9. The second-order valence-corrected chi connectivity index (χ2v) is 9.57. The molecule has 32 heavy (non-hydrogen) atoms. The molecule has 7 nitrogen and oxygen atoms in total. The molecule has 1 heterocycles. The Morgan fingerprint density at radius 1 is 1.03 bits per heavy atom. The fourth-order valence-corrected chi connectivity index (χ4v) is 4.67. The van der Waals surface area contributed by atoms with Crippen LogP contribution in [0.4, 0.5) is 0 Å². The predicted molar refractivity (Wildman–Crippen MR) is 124 cm³/mol. The van der Waals surface area contributed by atoms with Crippen molar-refractivity contribution in [3.05, 3.63) is 54.4 Å². The van der Waals surface area contributed by atoms with Crippen LogP contribution in [-0.2, 0) is 26.0 Å². The fourth-order valence-electron chi connectivity index (χ4n) is 3.60. The number of ether oxygens (including phenoxy) is 2. The Morgan fingerprint density at radius 2 is 1.78 bits per heavy atom. The maximum absolute atomic E-state index is 12.4. The Kier molecular flexibility index (Phi) is 11.2. The van der Waals surface area contributed by atoms with E-state index in [0.29, 0.717) is 24.6 Å². The molecule has 1 N–H and O–H groups in total. The molecule has 1 aromatic carbocycles. The van der Waals surface area contributed by atoms with Crippen molar-refractivity contribution in [1.82, 2.24) is 9.71 Å². The van der Waals surface area contributed by atoms with Crippen LogP contribution in [0.2, 0.25) is 0 Å². The number of methoxy groups -OCH3 is 2. The summed E-state index contributed by atoms with van der Waals surface area (Å²) in [5, 5.41) is 0. The number of sulfonamides is 1. The molecule has 0 spiro atoms. The van der Waals surface area contributed by atoms with E-state index < -0.39 is 10.0 Å². The average molecular weight is 463 g/mol. The zero-order chi connectivity index (χ0) is 23.2. The zero-order valence-electron chi connectivity index (χ0n) is 19.0. The van der Waals surface area contributed by atoms with E-state index in [1.165, 1.54) is 24.8 Å². The molecule has 0 aliphatic heterocycles. The van der Waals surface area contributed by atoms with E-state index in [4.69, 9.17) is 9.47 Å². The minimum Gasteiger partial charge on any atom is -0.497 e. The van der Waals surface area contributed by atoms with Crippen molar-refractivity contribution in [1.29, 1.82) is 0 Å². The molecule has 0 saturated heterocycles. The van der Waals surface area contributed by atoms with Crippen molar-refractivity contribution < 1.29 is 22.7 Å². The van der Waals surface area contributed by atoms with E-state index in [-0.39, 0.29) is 10.9 Å². The van der Waals surface area contributed by atoms with Gasteiger partial charge in [0, 0.05) is 25.4 Å². The van der Waals surface area contributed by atoms with Gasteiger partial charge in [-0.05, 0) is 67.5 Å². The first-order valence-electron chi connectivity index (χ1n) is 11.0. The first kappa shape index (κ1) is 25.8. The summed E-state index contributed by atoms with van der Waals surface area (Å²) in [4.78, 5) is 15.9. The molecule has 0 saturated carbocycles. The van der Waals surface area contributed by atoms with Crippen molar-refractivity contribution >= 4 is 16.0 Å². The van der Waals surface area contributed by atoms with Crippen LogP contribution < -0.4 is 9.46 Å². The summed E-state index contributed by atoms with van der Waals surface area (Å²) >= 11 is 0. The Bertz CT molecular complexity index is 902. The highest BCUT2D eigenvalue weighted by molar-refractivity contribution is 7.89. The molecule has 2 aromatic rings.